The molecular weight excluding hydrogens is 328 g/mol. The lowest BCUT2D eigenvalue weighted by atomic mass is 9.82. The Hall–Kier alpha value is -1.77. The predicted molar refractivity (Wildman–Crippen MR) is 68.6 cm³/mol. The number of halogens is 6. The van der Waals surface area contributed by atoms with Gasteiger partial charge in [0.2, 0.25) is 5.91 Å². The van der Waals surface area contributed by atoms with Gasteiger partial charge in [0, 0.05) is 5.69 Å². The lowest BCUT2D eigenvalue weighted by Crippen LogP contribution is -2.51. The number of nitrogens with one attached hydrogen (secondary N) is 1. The molecule has 1 aliphatic rings. The first-order chi connectivity index (χ1) is 10.5. The van der Waals surface area contributed by atoms with Crippen LogP contribution in [-0.2, 0) is 21.9 Å². The number of carbonyl (C=O) groups is 1. The fourth-order valence-electron chi connectivity index (χ4n) is 2.14. The van der Waals surface area contributed by atoms with E-state index >= 15 is 0 Å². The lowest BCUT2D eigenvalue weighted by molar-refractivity contribution is -0.156. The number of rotatable bonds is 3. The Morgan fingerprint density at radius 3 is 1.87 bits per heavy atom. The van der Waals surface area contributed by atoms with E-state index in [0.717, 1.165) is 0 Å². The zero-order valence-corrected chi connectivity index (χ0v) is 11.9. The second-order valence-electron chi connectivity index (χ2n) is 5.38. The van der Waals surface area contributed by atoms with Crippen molar-refractivity contribution >= 4 is 11.6 Å². The molecule has 9 heteroatoms. The topological polar surface area (TPSA) is 38.3 Å². The van der Waals surface area contributed by atoms with Crippen molar-refractivity contribution < 1.29 is 35.9 Å². The third kappa shape index (κ3) is 3.60. The molecule has 0 aromatic heterocycles. The van der Waals surface area contributed by atoms with Crippen molar-refractivity contribution in [1.29, 1.82) is 0 Å². The lowest BCUT2D eigenvalue weighted by Gasteiger charge is -2.39. The van der Waals surface area contributed by atoms with Crippen LogP contribution in [0.1, 0.15) is 24.5 Å². The highest BCUT2D eigenvalue weighted by atomic mass is 19.4. The fraction of sp³-hybridized carbons (Fsp3) is 0.500. The molecule has 0 radical (unpaired) electrons. The molecule has 0 atom stereocenters. The van der Waals surface area contributed by atoms with Crippen molar-refractivity contribution in [3.05, 3.63) is 29.3 Å². The van der Waals surface area contributed by atoms with Crippen molar-refractivity contribution in [2.45, 2.75) is 25.7 Å². The summed E-state index contributed by atoms with van der Waals surface area (Å²) in [6.45, 7) is 1.86. The summed E-state index contributed by atoms with van der Waals surface area (Å²) in [6.07, 6.45) is -9.55. The molecule has 0 saturated carbocycles. The smallest absolute Gasteiger partial charge is 0.379 e. The van der Waals surface area contributed by atoms with Gasteiger partial charge in [0.05, 0.1) is 29.8 Å². The molecule has 1 aromatic rings. The SMILES string of the molecule is CCC1(C(=O)Nc2cc(C(F)(F)F)cc(C(F)(F)F)c2)COC1. The Morgan fingerprint density at radius 2 is 1.57 bits per heavy atom. The van der Waals surface area contributed by atoms with Crippen LogP contribution in [0.4, 0.5) is 32.0 Å². The minimum atomic E-state index is -4.96. The molecule has 0 bridgehead atoms. The number of ether oxygens (including phenoxy) is 1. The summed E-state index contributed by atoms with van der Waals surface area (Å²) in [5, 5.41) is 2.14. The van der Waals surface area contributed by atoms with Crippen molar-refractivity contribution in [2.24, 2.45) is 5.41 Å². The van der Waals surface area contributed by atoms with Gasteiger partial charge in [-0.05, 0) is 24.6 Å². The number of anilines is 1. The monoisotopic (exact) mass is 341 g/mol. The van der Waals surface area contributed by atoms with Crippen LogP contribution in [0.3, 0.4) is 0 Å². The summed E-state index contributed by atoms with van der Waals surface area (Å²) in [5.74, 6) is -0.654. The molecule has 23 heavy (non-hydrogen) atoms. The average molecular weight is 341 g/mol. The quantitative estimate of drug-likeness (QED) is 0.841. The molecule has 1 aromatic carbocycles. The average Bonchev–Trinajstić information content (AvgIpc) is 2.35. The van der Waals surface area contributed by atoms with E-state index in [1.54, 1.807) is 6.92 Å². The normalized spacial score (nSPS) is 17.5. The van der Waals surface area contributed by atoms with Gasteiger partial charge >= 0.3 is 12.4 Å². The fourth-order valence-corrected chi connectivity index (χ4v) is 2.14. The minimum absolute atomic E-state index is 0.0116. The molecule has 1 heterocycles. The van der Waals surface area contributed by atoms with Crippen LogP contribution in [-0.4, -0.2) is 19.1 Å². The molecule has 1 N–H and O–H groups in total. The number of amides is 1. The predicted octanol–water partition coefficient (Wildman–Crippen LogP) is 4.09. The van der Waals surface area contributed by atoms with Gasteiger partial charge in [0.15, 0.2) is 0 Å². The van der Waals surface area contributed by atoms with E-state index in [1.165, 1.54) is 0 Å². The first kappa shape index (κ1) is 17.6. The number of carbonyl (C=O) groups excluding carboxylic acids is 1. The summed E-state index contributed by atoms with van der Waals surface area (Å²) in [7, 11) is 0. The van der Waals surface area contributed by atoms with E-state index in [4.69, 9.17) is 4.74 Å². The van der Waals surface area contributed by atoms with E-state index in [9.17, 15) is 31.1 Å². The van der Waals surface area contributed by atoms with Crippen molar-refractivity contribution in [3.63, 3.8) is 0 Å². The summed E-state index contributed by atoms with van der Waals surface area (Å²) < 4.78 is 81.4. The molecule has 1 saturated heterocycles. The molecule has 0 unspecified atom stereocenters. The third-order valence-electron chi connectivity index (χ3n) is 3.76. The molecule has 1 fully saturated rings. The number of benzene rings is 1. The van der Waals surface area contributed by atoms with Crippen LogP contribution < -0.4 is 5.32 Å². The molecule has 0 aliphatic carbocycles. The van der Waals surface area contributed by atoms with Gasteiger partial charge in [-0.2, -0.15) is 26.3 Å². The van der Waals surface area contributed by atoms with Gasteiger partial charge in [-0.1, -0.05) is 6.92 Å². The highest BCUT2D eigenvalue weighted by Crippen LogP contribution is 2.38. The van der Waals surface area contributed by atoms with Gasteiger partial charge in [0.25, 0.3) is 0 Å². The standard InChI is InChI=1S/C14H13F6NO2/c1-2-12(6-23-7-12)11(22)21-10-4-8(13(15,16)17)3-9(5-10)14(18,19)20/h3-5H,2,6-7H2,1H3,(H,21,22). The van der Waals surface area contributed by atoms with E-state index in [1.807, 2.05) is 0 Å². The number of alkyl halides is 6. The summed E-state index contributed by atoms with van der Waals surface area (Å²) >= 11 is 0. The maximum atomic E-state index is 12.8. The van der Waals surface area contributed by atoms with Crippen LogP contribution >= 0.6 is 0 Å². The summed E-state index contributed by atoms with van der Waals surface area (Å²) in [6, 6.07) is 0.976. The molecule has 0 spiro atoms. The zero-order valence-electron chi connectivity index (χ0n) is 11.9. The summed E-state index contributed by atoms with van der Waals surface area (Å²) in [5.41, 5.74) is -4.40. The second kappa shape index (κ2) is 5.70. The molecule has 1 amide bonds. The van der Waals surface area contributed by atoms with Gasteiger partial charge < -0.3 is 10.1 Å². The Balaban J connectivity index is 2.36. The van der Waals surface area contributed by atoms with Gasteiger partial charge in [0.1, 0.15) is 0 Å². The Morgan fingerprint density at radius 1 is 1.09 bits per heavy atom. The third-order valence-corrected chi connectivity index (χ3v) is 3.76. The summed E-state index contributed by atoms with van der Waals surface area (Å²) in [4.78, 5) is 12.1. The van der Waals surface area contributed by atoms with Gasteiger partial charge in [-0.25, -0.2) is 0 Å². The molecular formula is C14H13F6NO2. The maximum Gasteiger partial charge on any atom is 0.416 e. The van der Waals surface area contributed by atoms with Gasteiger partial charge in [-0.3, -0.25) is 4.79 Å². The van der Waals surface area contributed by atoms with Crippen LogP contribution in [0, 0.1) is 5.41 Å². The number of hydrogen-bond donors (Lipinski definition) is 1. The van der Waals surface area contributed by atoms with Crippen LogP contribution in [0.25, 0.3) is 0 Å². The van der Waals surface area contributed by atoms with Crippen molar-refractivity contribution in [2.75, 3.05) is 18.5 Å². The van der Waals surface area contributed by atoms with E-state index in [0.29, 0.717) is 18.6 Å². The van der Waals surface area contributed by atoms with E-state index in [2.05, 4.69) is 5.32 Å². The Labute approximate surface area is 127 Å². The highest BCUT2D eigenvalue weighted by molar-refractivity contribution is 5.96. The largest absolute Gasteiger partial charge is 0.416 e. The molecule has 1 aliphatic heterocycles. The van der Waals surface area contributed by atoms with Crippen molar-refractivity contribution in [1.82, 2.24) is 0 Å². The first-order valence-corrected chi connectivity index (χ1v) is 6.67. The van der Waals surface area contributed by atoms with E-state index in [-0.39, 0.29) is 19.3 Å². The van der Waals surface area contributed by atoms with Crippen LogP contribution in [0.5, 0.6) is 0 Å². The van der Waals surface area contributed by atoms with Crippen LogP contribution in [0.2, 0.25) is 0 Å². The Kier molecular flexibility index (Phi) is 4.36. The van der Waals surface area contributed by atoms with Crippen molar-refractivity contribution in [3.8, 4) is 0 Å². The number of hydrogen-bond acceptors (Lipinski definition) is 2. The molecule has 128 valence electrons. The Bertz CT molecular complexity index is 567. The van der Waals surface area contributed by atoms with Crippen LogP contribution in [0.15, 0.2) is 18.2 Å². The second-order valence-corrected chi connectivity index (χ2v) is 5.38. The zero-order chi connectivity index (χ0) is 17.5. The molecule has 2 rings (SSSR count). The maximum absolute atomic E-state index is 12.8. The van der Waals surface area contributed by atoms with E-state index < -0.39 is 40.5 Å². The molecule has 3 nitrogen and oxygen atoms in total. The highest BCUT2D eigenvalue weighted by Gasteiger charge is 2.44. The minimum Gasteiger partial charge on any atom is -0.379 e. The van der Waals surface area contributed by atoms with Gasteiger partial charge in [-0.15, -0.1) is 0 Å². The first-order valence-electron chi connectivity index (χ1n) is 6.67.